The van der Waals surface area contributed by atoms with Crippen molar-refractivity contribution in [3.05, 3.63) is 28.2 Å². The number of hydrogen-bond donors (Lipinski definition) is 1. The van der Waals surface area contributed by atoms with Crippen molar-refractivity contribution in [3.8, 4) is 5.75 Å². The molecule has 4 heteroatoms. The molecule has 1 N–H and O–H groups in total. The molecule has 1 rings (SSSR count). The fraction of sp³-hybridized carbons (Fsp3) is 0.600. The van der Waals surface area contributed by atoms with Crippen molar-refractivity contribution in [2.24, 2.45) is 0 Å². The molecule has 0 spiro atoms. The maximum Gasteiger partial charge on any atom is 0.119 e. The molecule has 19 heavy (non-hydrogen) atoms. The summed E-state index contributed by atoms with van der Waals surface area (Å²) in [5, 5.41) is 3.31. The SMILES string of the molecule is CCNCc1cc(OCCOC(C)(C)C)ccc1Br. The molecule has 3 nitrogen and oxygen atoms in total. The molecule has 0 aromatic heterocycles. The second-order valence-corrected chi connectivity index (χ2v) is 6.20. The van der Waals surface area contributed by atoms with Gasteiger partial charge in [-0.15, -0.1) is 0 Å². The first-order valence-corrected chi connectivity index (χ1v) is 7.47. The zero-order valence-corrected chi connectivity index (χ0v) is 13.8. The van der Waals surface area contributed by atoms with Gasteiger partial charge in [0.25, 0.3) is 0 Å². The van der Waals surface area contributed by atoms with Crippen molar-refractivity contribution in [1.82, 2.24) is 5.32 Å². The Morgan fingerprint density at radius 2 is 1.95 bits per heavy atom. The van der Waals surface area contributed by atoms with E-state index < -0.39 is 0 Å². The maximum absolute atomic E-state index is 5.70. The van der Waals surface area contributed by atoms with E-state index in [-0.39, 0.29) is 5.60 Å². The van der Waals surface area contributed by atoms with E-state index in [1.807, 2.05) is 32.9 Å². The lowest BCUT2D eigenvalue weighted by Crippen LogP contribution is -2.22. The van der Waals surface area contributed by atoms with E-state index >= 15 is 0 Å². The van der Waals surface area contributed by atoms with Gasteiger partial charge in [0.1, 0.15) is 12.4 Å². The Morgan fingerprint density at radius 1 is 1.21 bits per heavy atom. The summed E-state index contributed by atoms with van der Waals surface area (Å²) in [5.74, 6) is 0.883. The number of nitrogens with one attached hydrogen (secondary N) is 1. The predicted octanol–water partition coefficient (Wildman–Crippen LogP) is 3.75. The molecule has 0 amide bonds. The van der Waals surface area contributed by atoms with E-state index in [9.17, 15) is 0 Å². The molecule has 0 saturated carbocycles. The summed E-state index contributed by atoms with van der Waals surface area (Å²) < 4.78 is 12.4. The fourth-order valence-electron chi connectivity index (χ4n) is 1.54. The molecular formula is C15H24BrNO2. The Balaban J connectivity index is 2.45. The summed E-state index contributed by atoms with van der Waals surface area (Å²) in [4.78, 5) is 0. The molecule has 0 bridgehead atoms. The second-order valence-electron chi connectivity index (χ2n) is 5.34. The normalized spacial score (nSPS) is 11.6. The van der Waals surface area contributed by atoms with Crippen molar-refractivity contribution in [2.75, 3.05) is 19.8 Å². The Labute approximate surface area is 124 Å². The summed E-state index contributed by atoms with van der Waals surface area (Å²) in [6, 6.07) is 6.05. The monoisotopic (exact) mass is 329 g/mol. The smallest absolute Gasteiger partial charge is 0.119 e. The van der Waals surface area contributed by atoms with E-state index in [1.165, 1.54) is 5.56 Å². The summed E-state index contributed by atoms with van der Waals surface area (Å²) in [7, 11) is 0. The van der Waals surface area contributed by atoms with Gasteiger partial charge in [-0.05, 0) is 51.1 Å². The third kappa shape index (κ3) is 6.95. The van der Waals surface area contributed by atoms with E-state index in [0.29, 0.717) is 13.2 Å². The zero-order chi connectivity index (χ0) is 14.3. The van der Waals surface area contributed by atoms with E-state index in [4.69, 9.17) is 9.47 Å². The Bertz CT molecular complexity index is 388. The standard InChI is InChI=1S/C15H24BrNO2/c1-5-17-11-12-10-13(6-7-14(12)16)18-8-9-19-15(2,3)4/h6-7,10,17H,5,8-9,11H2,1-4H3. The molecular weight excluding hydrogens is 306 g/mol. The van der Waals surface area contributed by atoms with Crippen molar-refractivity contribution >= 4 is 15.9 Å². The van der Waals surface area contributed by atoms with Crippen LogP contribution in [0.5, 0.6) is 5.75 Å². The van der Waals surface area contributed by atoms with Crippen LogP contribution in [0.25, 0.3) is 0 Å². The largest absolute Gasteiger partial charge is 0.491 e. The molecule has 0 atom stereocenters. The average Bonchev–Trinajstić information content (AvgIpc) is 2.33. The van der Waals surface area contributed by atoms with Crippen LogP contribution in [0, 0.1) is 0 Å². The molecule has 0 unspecified atom stereocenters. The van der Waals surface area contributed by atoms with Crippen molar-refractivity contribution < 1.29 is 9.47 Å². The molecule has 0 aliphatic carbocycles. The van der Waals surface area contributed by atoms with Crippen LogP contribution in [0.4, 0.5) is 0 Å². The average molecular weight is 330 g/mol. The predicted molar refractivity (Wildman–Crippen MR) is 82.7 cm³/mol. The number of hydrogen-bond acceptors (Lipinski definition) is 3. The highest BCUT2D eigenvalue weighted by atomic mass is 79.9. The van der Waals surface area contributed by atoms with Crippen LogP contribution in [0.15, 0.2) is 22.7 Å². The molecule has 0 radical (unpaired) electrons. The third-order valence-electron chi connectivity index (χ3n) is 2.47. The summed E-state index contributed by atoms with van der Waals surface area (Å²) in [6.45, 7) is 11.2. The Hall–Kier alpha value is -0.580. The lowest BCUT2D eigenvalue weighted by atomic mass is 10.2. The minimum absolute atomic E-state index is 0.112. The van der Waals surface area contributed by atoms with Crippen LogP contribution in [0.3, 0.4) is 0 Å². The highest BCUT2D eigenvalue weighted by Gasteiger charge is 2.09. The van der Waals surface area contributed by atoms with Crippen LogP contribution in [0.2, 0.25) is 0 Å². The summed E-state index contributed by atoms with van der Waals surface area (Å²) >= 11 is 3.55. The van der Waals surface area contributed by atoms with Gasteiger partial charge in [0.05, 0.1) is 12.2 Å². The van der Waals surface area contributed by atoms with Gasteiger partial charge in [0.2, 0.25) is 0 Å². The molecule has 1 aromatic rings. The van der Waals surface area contributed by atoms with Crippen molar-refractivity contribution in [3.63, 3.8) is 0 Å². The van der Waals surface area contributed by atoms with Gasteiger partial charge in [0.15, 0.2) is 0 Å². The number of benzene rings is 1. The van der Waals surface area contributed by atoms with Gasteiger partial charge in [-0.3, -0.25) is 0 Å². The lowest BCUT2D eigenvalue weighted by molar-refractivity contribution is -0.0163. The van der Waals surface area contributed by atoms with Crippen LogP contribution >= 0.6 is 15.9 Å². The molecule has 0 heterocycles. The zero-order valence-electron chi connectivity index (χ0n) is 12.3. The molecule has 108 valence electrons. The van der Waals surface area contributed by atoms with Crippen molar-refractivity contribution in [1.29, 1.82) is 0 Å². The minimum Gasteiger partial charge on any atom is -0.491 e. The van der Waals surface area contributed by atoms with Crippen LogP contribution in [-0.4, -0.2) is 25.4 Å². The minimum atomic E-state index is -0.112. The van der Waals surface area contributed by atoms with Gasteiger partial charge in [-0.2, -0.15) is 0 Å². The van der Waals surface area contributed by atoms with Crippen LogP contribution in [0.1, 0.15) is 33.3 Å². The first-order valence-electron chi connectivity index (χ1n) is 6.68. The first-order chi connectivity index (χ1) is 8.92. The van der Waals surface area contributed by atoms with E-state index in [0.717, 1.165) is 23.3 Å². The lowest BCUT2D eigenvalue weighted by Gasteiger charge is -2.19. The van der Waals surface area contributed by atoms with E-state index in [2.05, 4.69) is 34.2 Å². The second kappa shape index (κ2) is 7.88. The van der Waals surface area contributed by atoms with Gasteiger partial charge in [-0.25, -0.2) is 0 Å². The van der Waals surface area contributed by atoms with Gasteiger partial charge < -0.3 is 14.8 Å². The van der Waals surface area contributed by atoms with Gasteiger partial charge >= 0.3 is 0 Å². The molecule has 0 saturated heterocycles. The van der Waals surface area contributed by atoms with E-state index in [1.54, 1.807) is 0 Å². The van der Waals surface area contributed by atoms with Crippen LogP contribution in [-0.2, 0) is 11.3 Å². The maximum atomic E-state index is 5.70. The summed E-state index contributed by atoms with van der Waals surface area (Å²) in [5.41, 5.74) is 1.09. The molecule has 0 aliphatic rings. The summed E-state index contributed by atoms with van der Waals surface area (Å²) in [6.07, 6.45) is 0. The topological polar surface area (TPSA) is 30.5 Å². The third-order valence-corrected chi connectivity index (χ3v) is 3.24. The molecule has 0 fully saturated rings. The molecule has 1 aromatic carbocycles. The molecule has 0 aliphatic heterocycles. The highest BCUT2D eigenvalue weighted by Crippen LogP contribution is 2.22. The fourth-order valence-corrected chi connectivity index (χ4v) is 1.93. The van der Waals surface area contributed by atoms with Crippen LogP contribution < -0.4 is 10.1 Å². The Morgan fingerprint density at radius 3 is 2.58 bits per heavy atom. The van der Waals surface area contributed by atoms with Crippen molar-refractivity contribution in [2.45, 2.75) is 39.8 Å². The first kappa shape index (κ1) is 16.5. The number of ether oxygens (including phenoxy) is 2. The van der Waals surface area contributed by atoms with Gasteiger partial charge in [0, 0.05) is 11.0 Å². The highest BCUT2D eigenvalue weighted by molar-refractivity contribution is 9.10. The number of halogens is 1. The quantitative estimate of drug-likeness (QED) is 0.773. The Kier molecular flexibility index (Phi) is 6.83. The van der Waals surface area contributed by atoms with Gasteiger partial charge in [-0.1, -0.05) is 22.9 Å². The number of rotatable bonds is 7.